The topological polar surface area (TPSA) is 65.0 Å². The van der Waals surface area contributed by atoms with Crippen molar-refractivity contribution >= 4 is 22.7 Å². The maximum absolute atomic E-state index is 5.98. The van der Waals surface area contributed by atoms with Gasteiger partial charge in [-0.05, 0) is 30.5 Å². The van der Waals surface area contributed by atoms with Crippen LogP contribution < -0.4 is 15.5 Å². The summed E-state index contributed by atoms with van der Waals surface area (Å²) in [5.74, 6) is 2.44. The monoisotopic (exact) mass is 426 g/mol. The van der Waals surface area contributed by atoms with Crippen molar-refractivity contribution in [1.29, 1.82) is 0 Å². The van der Waals surface area contributed by atoms with Crippen LogP contribution in [0.2, 0.25) is 0 Å². The Labute approximate surface area is 186 Å². The normalized spacial score (nSPS) is 17.9. The molecule has 1 atom stereocenters. The number of nitrogens with one attached hydrogen (secondary N) is 2. The van der Waals surface area contributed by atoms with Gasteiger partial charge in [-0.3, -0.25) is 4.90 Å². The highest BCUT2D eigenvalue weighted by Crippen LogP contribution is 2.22. The highest BCUT2D eigenvalue weighted by molar-refractivity contribution is 5.85. The predicted molar refractivity (Wildman–Crippen MR) is 130 cm³/mol. The fourth-order valence-corrected chi connectivity index (χ4v) is 3.89. The minimum Gasteiger partial charge on any atom is -0.374 e. The molecule has 0 spiro atoms. The van der Waals surface area contributed by atoms with Crippen LogP contribution >= 0.6 is 0 Å². The summed E-state index contributed by atoms with van der Waals surface area (Å²) in [7, 11) is 4.03. The van der Waals surface area contributed by atoms with Crippen LogP contribution in [0.15, 0.2) is 35.3 Å². The van der Waals surface area contributed by atoms with Crippen LogP contribution in [-0.4, -0.2) is 75.4 Å². The van der Waals surface area contributed by atoms with E-state index in [0.717, 1.165) is 62.0 Å². The number of anilines is 1. The standard InChI is InChI=1S/C24H38N6O/c1-6-25-24(27-15-20-17-30(11-12-31-20)16-18(2)3)26-14-19-13-23(29(4)5)28-22-10-8-7-9-21(19)22/h7-10,13,18,20H,6,11-12,14-17H2,1-5H3,(H2,25,26,27). The summed E-state index contributed by atoms with van der Waals surface area (Å²) in [6, 6.07) is 10.4. The van der Waals surface area contributed by atoms with E-state index in [-0.39, 0.29) is 6.10 Å². The summed E-state index contributed by atoms with van der Waals surface area (Å²) >= 11 is 0. The molecule has 3 rings (SSSR count). The number of fused-ring (bicyclic) bond motifs is 1. The molecule has 2 heterocycles. The van der Waals surface area contributed by atoms with Gasteiger partial charge in [-0.15, -0.1) is 0 Å². The Hall–Kier alpha value is -2.38. The molecule has 2 N–H and O–H groups in total. The Morgan fingerprint density at radius 1 is 1.29 bits per heavy atom. The Kier molecular flexibility index (Phi) is 8.49. The van der Waals surface area contributed by atoms with Gasteiger partial charge in [0.15, 0.2) is 5.96 Å². The number of benzene rings is 1. The molecule has 1 unspecified atom stereocenters. The third-order valence-corrected chi connectivity index (χ3v) is 5.34. The molecule has 2 aromatic rings. The van der Waals surface area contributed by atoms with Gasteiger partial charge in [0.25, 0.3) is 0 Å². The highest BCUT2D eigenvalue weighted by Gasteiger charge is 2.21. The summed E-state index contributed by atoms with van der Waals surface area (Å²) in [6.45, 7) is 12.7. The number of hydrogen-bond donors (Lipinski definition) is 2. The number of para-hydroxylation sites is 1. The molecule has 0 amide bonds. The van der Waals surface area contributed by atoms with E-state index < -0.39 is 0 Å². The summed E-state index contributed by atoms with van der Waals surface area (Å²) in [5, 5.41) is 7.99. The molecule has 1 aliphatic heterocycles. The van der Waals surface area contributed by atoms with E-state index in [9.17, 15) is 0 Å². The summed E-state index contributed by atoms with van der Waals surface area (Å²) in [6.07, 6.45) is 0.179. The van der Waals surface area contributed by atoms with Crippen LogP contribution in [0.25, 0.3) is 10.9 Å². The fraction of sp³-hybridized carbons (Fsp3) is 0.583. The van der Waals surface area contributed by atoms with Crippen LogP contribution in [0, 0.1) is 5.92 Å². The molecule has 0 saturated carbocycles. The highest BCUT2D eigenvalue weighted by atomic mass is 16.5. The lowest BCUT2D eigenvalue weighted by Crippen LogP contribution is -2.50. The average molecular weight is 427 g/mol. The third-order valence-electron chi connectivity index (χ3n) is 5.34. The smallest absolute Gasteiger partial charge is 0.191 e. The van der Waals surface area contributed by atoms with E-state index in [1.165, 1.54) is 5.56 Å². The summed E-state index contributed by atoms with van der Waals surface area (Å²) in [4.78, 5) is 14.1. The first kappa shape index (κ1) is 23.3. The van der Waals surface area contributed by atoms with Gasteiger partial charge in [-0.25, -0.2) is 9.98 Å². The molecule has 0 bridgehead atoms. The van der Waals surface area contributed by atoms with Gasteiger partial charge in [0.2, 0.25) is 0 Å². The second kappa shape index (κ2) is 11.3. The molecule has 1 aromatic heterocycles. The Morgan fingerprint density at radius 3 is 2.84 bits per heavy atom. The van der Waals surface area contributed by atoms with Gasteiger partial charge in [-0.1, -0.05) is 32.0 Å². The first-order valence-electron chi connectivity index (χ1n) is 11.4. The number of aromatic nitrogens is 1. The number of hydrogen-bond acceptors (Lipinski definition) is 5. The summed E-state index contributed by atoms with van der Waals surface area (Å²) in [5.41, 5.74) is 2.17. The molecular weight excluding hydrogens is 388 g/mol. The molecule has 7 nitrogen and oxygen atoms in total. The SMILES string of the molecule is CCNC(=NCc1cc(N(C)C)nc2ccccc12)NCC1CN(CC(C)C)CCO1. The van der Waals surface area contributed by atoms with E-state index >= 15 is 0 Å². The van der Waals surface area contributed by atoms with Gasteiger partial charge in [0.05, 0.1) is 24.8 Å². The molecule has 0 radical (unpaired) electrons. The van der Waals surface area contributed by atoms with Crippen LogP contribution in [0.4, 0.5) is 5.82 Å². The number of morpholine rings is 1. The quantitative estimate of drug-likeness (QED) is 0.500. The number of aliphatic imine (C=N–C) groups is 1. The fourth-order valence-electron chi connectivity index (χ4n) is 3.89. The van der Waals surface area contributed by atoms with Crippen molar-refractivity contribution in [2.75, 3.05) is 58.3 Å². The molecule has 1 fully saturated rings. The zero-order valence-corrected chi connectivity index (χ0v) is 19.7. The molecule has 1 aromatic carbocycles. The number of guanidine groups is 1. The van der Waals surface area contributed by atoms with Gasteiger partial charge < -0.3 is 20.3 Å². The van der Waals surface area contributed by atoms with Crippen molar-refractivity contribution in [2.24, 2.45) is 10.9 Å². The molecule has 7 heteroatoms. The summed E-state index contributed by atoms with van der Waals surface area (Å²) < 4.78 is 5.98. The van der Waals surface area contributed by atoms with Crippen molar-refractivity contribution in [2.45, 2.75) is 33.4 Å². The Morgan fingerprint density at radius 2 is 2.10 bits per heavy atom. The van der Waals surface area contributed by atoms with Crippen LogP contribution in [0.3, 0.4) is 0 Å². The van der Waals surface area contributed by atoms with Gasteiger partial charge in [-0.2, -0.15) is 0 Å². The van der Waals surface area contributed by atoms with Crippen LogP contribution in [0.1, 0.15) is 26.3 Å². The van der Waals surface area contributed by atoms with Gasteiger partial charge in [0.1, 0.15) is 5.82 Å². The first-order chi connectivity index (χ1) is 15.0. The molecular formula is C24H38N6O. The number of ether oxygens (including phenoxy) is 1. The van der Waals surface area contributed by atoms with Crippen molar-refractivity contribution in [3.8, 4) is 0 Å². The zero-order valence-electron chi connectivity index (χ0n) is 19.7. The maximum Gasteiger partial charge on any atom is 0.191 e. The van der Waals surface area contributed by atoms with Crippen molar-refractivity contribution in [1.82, 2.24) is 20.5 Å². The Bertz CT molecular complexity index is 866. The third kappa shape index (κ3) is 6.80. The Balaban J connectivity index is 1.68. The second-order valence-electron chi connectivity index (χ2n) is 8.77. The van der Waals surface area contributed by atoms with Crippen molar-refractivity contribution < 1.29 is 4.74 Å². The molecule has 31 heavy (non-hydrogen) atoms. The van der Waals surface area contributed by atoms with Gasteiger partial charge >= 0.3 is 0 Å². The largest absolute Gasteiger partial charge is 0.374 e. The van der Waals surface area contributed by atoms with Crippen LogP contribution in [-0.2, 0) is 11.3 Å². The minimum atomic E-state index is 0.179. The average Bonchev–Trinajstić information content (AvgIpc) is 2.75. The number of rotatable bonds is 8. The number of pyridine rings is 1. The maximum atomic E-state index is 5.98. The van der Waals surface area contributed by atoms with Crippen LogP contribution in [0.5, 0.6) is 0 Å². The lowest BCUT2D eigenvalue weighted by Gasteiger charge is -2.34. The zero-order chi connectivity index (χ0) is 22.2. The minimum absolute atomic E-state index is 0.179. The van der Waals surface area contributed by atoms with E-state index in [4.69, 9.17) is 14.7 Å². The lowest BCUT2D eigenvalue weighted by molar-refractivity contribution is -0.0284. The van der Waals surface area contributed by atoms with E-state index in [2.05, 4.69) is 60.6 Å². The van der Waals surface area contributed by atoms with Crippen molar-refractivity contribution in [3.05, 3.63) is 35.9 Å². The van der Waals surface area contributed by atoms with E-state index in [0.29, 0.717) is 12.5 Å². The molecule has 170 valence electrons. The van der Waals surface area contributed by atoms with E-state index in [1.54, 1.807) is 0 Å². The second-order valence-corrected chi connectivity index (χ2v) is 8.77. The van der Waals surface area contributed by atoms with Gasteiger partial charge in [0, 0.05) is 52.2 Å². The lowest BCUT2D eigenvalue weighted by atomic mass is 10.1. The molecule has 1 saturated heterocycles. The molecule has 0 aliphatic carbocycles. The predicted octanol–water partition coefficient (Wildman–Crippen LogP) is 2.71. The first-order valence-corrected chi connectivity index (χ1v) is 11.4. The van der Waals surface area contributed by atoms with E-state index in [1.807, 2.05) is 25.1 Å². The molecule has 1 aliphatic rings. The number of nitrogens with zero attached hydrogens (tertiary/aromatic N) is 4. The van der Waals surface area contributed by atoms with Crippen molar-refractivity contribution in [3.63, 3.8) is 0 Å².